The Kier molecular flexibility index (Phi) is 3.86. The van der Waals surface area contributed by atoms with Crippen molar-refractivity contribution in [1.29, 1.82) is 0 Å². The van der Waals surface area contributed by atoms with Gasteiger partial charge in [-0.3, -0.25) is 14.9 Å². The Labute approximate surface area is 108 Å². The minimum absolute atomic E-state index is 0.161. The van der Waals surface area contributed by atoms with Crippen molar-refractivity contribution in [1.82, 2.24) is 0 Å². The van der Waals surface area contributed by atoms with E-state index in [2.05, 4.69) is 0 Å². The van der Waals surface area contributed by atoms with Crippen LogP contribution in [-0.2, 0) is 9.05 Å². The van der Waals surface area contributed by atoms with Gasteiger partial charge in [-0.1, -0.05) is 0 Å². The average Bonchev–Trinajstić information content (AvgIpc) is 2.14. The molecule has 0 aliphatic carbocycles. The number of nitro groups is 1. The second-order valence-electron chi connectivity index (χ2n) is 2.65. The zero-order valence-corrected chi connectivity index (χ0v) is 11.1. The number of hydrogen-bond acceptors (Lipinski definition) is 5. The van der Waals surface area contributed by atoms with Crippen molar-refractivity contribution in [3.8, 4) is 0 Å². The third-order valence-electron chi connectivity index (χ3n) is 1.67. The van der Waals surface area contributed by atoms with Gasteiger partial charge >= 0.3 is 0 Å². The van der Waals surface area contributed by atoms with Crippen LogP contribution in [0.15, 0.2) is 17.0 Å². The first kappa shape index (κ1) is 13.3. The Morgan fingerprint density at radius 2 is 2.00 bits per heavy atom. The third-order valence-corrected chi connectivity index (χ3v) is 3.91. The van der Waals surface area contributed by atoms with Crippen molar-refractivity contribution in [3.63, 3.8) is 0 Å². The van der Waals surface area contributed by atoms with Crippen molar-refractivity contribution in [2.45, 2.75) is 4.90 Å². The summed E-state index contributed by atoms with van der Waals surface area (Å²) in [6.07, 6.45) is 0.279. The minimum atomic E-state index is -4.19. The van der Waals surface area contributed by atoms with E-state index in [4.69, 9.17) is 10.7 Å². The van der Waals surface area contributed by atoms with Gasteiger partial charge in [-0.25, -0.2) is 8.42 Å². The zero-order chi connectivity index (χ0) is 12.5. The third kappa shape index (κ3) is 2.68. The van der Waals surface area contributed by atoms with Crippen molar-refractivity contribution >= 4 is 54.3 Å². The van der Waals surface area contributed by atoms with E-state index in [0.29, 0.717) is 0 Å². The van der Waals surface area contributed by atoms with Crippen LogP contribution in [0, 0.1) is 13.7 Å². The van der Waals surface area contributed by atoms with E-state index in [1.165, 1.54) is 0 Å². The van der Waals surface area contributed by atoms with E-state index in [-0.39, 0.29) is 15.4 Å². The summed E-state index contributed by atoms with van der Waals surface area (Å²) in [4.78, 5) is 19.9. The van der Waals surface area contributed by atoms with Crippen LogP contribution >= 0.6 is 33.3 Å². The number of aldehydes is 1. The maximum Gasteiger partial charge on any atom is 0.284 e. The molecule has 0 aromatic heterocycles. The molecule has 6 nitrogen and oxygen atoms in total. The van der Waals surface area contributed by atoms with E-state index in [1.54, 1.807) is 22.6 Å². The van der Waals surface area contributed by atoms with Gasteiger partial charge in [-0.15, -0.1) is 0 Å². The van der Waals surface area contributed by atoms with Crippen molar-refractivity contribution in [3.05, 3.63) is 31.4 Å². The highest BCUT2D eigenvalue weighted by molar-refractivity contribution is 14.1. The molecule has 0 atom stereocenters. The molecular weight excluding hydrogens is 373 g/mol. The predicted molar refractivity (Wildman–Crippen MR) is 64.2 cm³/mol. The molecule has 0 radical (unpaired) electrons. The molecule has 86 valence electrons. The summed E-state index contributed by atoms with van der Waals surface area (Å²) >= 11 is 1.63. The Morgan fingerprint density at radius 3 is 2.38 bits per heavy atom. The Bertz CT molecular complexity index is 570. The van der Waals surface area contributed by atoms with Crippen LogP contribution in [-0.4, -0.2) is 19.6 Å². The maximum absolute atomic E-state index is 11.1. The largest absolute Gasteiger partial charge is 0.298 e. The Hall–Kier alpha value is -0.740. The molecule has 1 rings (SSSR count). The van der Waals surface area contributed by atoms with E-state index in [0.717, 1.165) is 12.1 Å². The van der Waals surface area contributed by atoms with Crippen LogP contribution in [0.5, 0.6) is 0 Å². The average molecular weight is 376 g/mol. The number of carbonyl (C=O) groups is 1. The molecule has 0 aliphatic rings. The van der Waals surface area contributed by atoms with Gasteiger partial charge in [0.25, 0.3) is 14.7 Å². The number of nitro benzene ring substituents is 1. The summed E-state index contributed by atoms with van der Waals surface area (Å²) in [5.41, 5.74) is -0.615. The first-order chi connectivity index (χ1) is 7.27. The number of halogens is 2. The highest BCUT2D eigenvalue weighted by Crippen LogP contribution is 2.28. The fourth-order valence-corrected chi connectivity index (χ4v) is 2.73. The standard InChI is InChI=1S/C7H3ClINO5S/c8-16(14,15)7-2-6(10(12)13)5(9)1-4(7)3-11/h1-3H. The zero-order valence-electron chi connectivity index (χ0n) is 7.38. The quantitative estimate of drug-likeness (QED) is 0.264. The van der Waals surface area contributed by atoms with Gasteiger partial charge in [0.1, 0.15) is 0 Å². The topological polar surface area (TPSA) is 94.3 Å². The van der Waals surface area contributed by atoms with Crippen LogP contribution in [0.2, 0.25) is 0 Å². The number of carbonyl (C=O) groups excluding carboxylic acids is 1. The van der Waals surface area contributed by atoms with Crippen LogP contribution < -0.4 is 0 Å². The first-order valence-corrected chi connectivity index (χ1v) is 7.04. The molecule has 0 aliphatic heterocycles. The molecule has 0 spiro atoms. The van der Waals surface area contributed by atoms with Crippen molar-refractivity contribution < 1.29 is 18.1 Å². The smallest absolute Gasteiger partial charge is 0.284 e. The summed E-state index contributed by atoms with van der Waals surface area (Å²) in [6, 6.07) is 1.87. The number of nitrogens with zero attached hydrogens (tertiary/aromatic N) is 1. The summed E-state index contributed by atoms with van der Waals surface area (Å²) in [7, 11) is 0.875. The number of hydrogen-bond donors (Lipinski definition) is 0. The molecule has 0 bridgehead atoms. The highest BCUT2D eigenvalue weighted by atomic mass is 127. The molecule has 16 heavy (non-hydrogen) atoms. The highest BCUT2D eigenvalue weighted by Gasteiger charge is 2.22. The molecule has 0 heterocycles. The molecule has 0 fully saturated rings. The van der Waals surface area contributed by atoms with Gasteiger partial charge in [0, 0.05) is 22.3 Å². The van der Waals surface area contributed by atoms with Gasteiger partial charge < -0.3 is 0 Å². The molecule has 0 unspecified atom stereocenters. The molecule has 1 aromatic rings. The summed E-state index contributed by atoms with van der Waals surface area (Å²) in [5, 5.41) is 10.6. The van der Waals surface area contributed by atoms with Gasteiger partial charge in [0.15, 0.2) is 6.29 Å². The molecule has 1 aromatic carbocycles. The monoisotopic (exact) mass is 375 g/mol. The second kappa shape index (κ2) is 4.63. The van der Waals surface area contributed by atoms with E-state index >= 15 is 0 Å². The van der Waals surface area contributed by atoms with Crippen LogP contribution in [0.4, 0.5) is 5.69 Å². The fourth-order valence-electron chi connectivity index (χ4n) is 1.00. The normalized spacial score (nSPS) is 11.1. The van der Waals surface area contributed by atoms with Gasteiger partial charge in [0.05, 0.1) is 13.4 Å². The second-order valence-corrected chi connectivity index (χ2v) is 6.35. The molecule has 0 N–H and O–H groups in total. The summed E-state index contributed by atoms with van der Waals surface area (Å²) in [6.45, 7) is 0. The van der Waals surface area contributed by atoms with Crippen molar-refractivity contribution in [2.24, 2.45) is 0 Å². The van der Waals surface area contributed by atoms with E-state index < -0.39 is 24.6 Å². The van der Waals surface area contributed by atoms with Crippen molar-refractivity contribution in [2.75, 3.05) is 0 Å². The molecule has 0 saturated heterocycles. The molecular formula is C7H3ClINO5S. The molecule has 0 amide bonds. The number of benzene rings is 1. The van der Waals surface area contributed by atoms with Gasteiger partial charge in [-0.05, 0) is 28.7 Å². The van der Waals surface area contributed by atoms with Gasteiger partial charge in [-0.2, -0.15) is 0 Å². The molecule has 0 saturated carbocycles. The predicted octanol–water partition coefficient (Wildman–Crippen LogP) is 1.94. The lowest BCUT2D eigenvalue weighted by Gasteiger charge is -2.02. The number of rotatable bonds is 3. The minimum Gasteiger partial charge on any atom is -0.298 e. The lowest BCUT2D eigenvalue weighted by atomic mass is 10.2. The fraction of sp³-hybridized carbons (Fsp3) is 0. The van der Waals surface area contributed by atoms with E-state index in [1.807, 2.05) is 0 Å². The van der Waals surface area contributed by atoms with Crippen LogP contribution in [0.3, 0.4) is 0 Å². The van der Waals surface area contributed by atoms with E-state index in [9.17, 15) is 23.3 Å². The first-order valence-electron chi connectivity index (χ1n) is 3.65. The van der Waals surface area contributed by atoms with Crippen LogP contribution in [0.1, 0.15) is 10.4 Å². The summed E-state index contributed by atoms with van der Waals surface area (Å²) in [5.74, 6) is 0. The SMILES string of the molecule is O=Cc1cc(I)c([N+](=O)[O-])cc1S(=O)(=O)Cl. The van der Waals surface area contributed by atoms with Crippen LogP contribution in [0.25, 0.3) is 0 Å². The Balaban J connectivity index is 3.66. The lowest BCUT2D eigenvalue weighted by molar-refractivity contribution is -0.386. The summed E-state index contributed by atoms with van der Waals surface area (Å²) < 4.78 is 22.3. The Morgan fingerprint density at radius 1 is 1.44 bits per heavy atom. The molecule has 9 heteroatoms. The maximum atomic E-state index is 11.1. The van der Waals surface area contributed by atoms with Gasteiger partial charge in [0.2, 0.25) is 0 Å². The lowest BCUT2D eigenvalue weighted by Crippen LogP contribution is -2.01.